The summed E-state index contributed by atoms with van der Waals surface area (Å²) in [5, 5.41) is 3.21. The standard InChI is InChI=1S/C27H24ClF3N4O3/c1-17(36)35-12-10-19(11-13-35)16-38-23-8-5-20(26-32-15-24(34-26)27(29,30)31)14-22(23)33-25(37)9-4-18-2-6-21(28)7-3-18/h2-3,5-8,14-15,19H,10-13,16H2,1H3,(H,32,34)(H,33,37). The van der Waals surface area contributed by atoms with Crippen molar-refractivity contribution in [2.24, 2.45) is 5.92 Å². The molecule has 1 aliphatic rings. The zero-order valence-corrected chi connectivity index (χ0v) is 21.1. The highest BCUT2D eigenvalue weighted by atomic mass is 35.5. The van der Waals surface area contributed by atoms with E-state index >= 15 is 0 Å². The normalized spacial score (nSPS) is 14.0. The van der Waals surface area contributed by atoms with Gasteiger partial charge in [-0.3, -0.25) is 9.59 Å². The number of ether oxygens (including phenoxy) is 1. The first-order chi connectivity index (χ1) is 18.1. The number of alkyl halides is 3. The fraction of sp³-hybridized carbons (Fsp3) is 0.296. The summed E-state index contributed by atoms with van der Waals surface area (Å²) in [4.78, 5) is 32.1. The van der Waals surface area contributed by atoms with Crippen LogP contribution in [0.15, 0.2) is 48.7 Å². The molecule has 2 N–H and O–H groups in total. The predicted octanol–water partition coefficient (Wildman–Crippen LogP) is 5.38. The van der Waals surface area contributed by atoms with Gasteiger partial charge in [-0.15, -0.1) is 0 Å². The molecule has 38 heavy (non-hydrogen) atoms. The number of aromatic amines is 1. The molecule has 0 saturated carbocycles. The van der Waals surface area contributed by atoms with Crippen molar-refractivity contribution >= 4 is 29.1 Å². The molecule has 0 spiro atoms. The first kappa shape index (κ1) is 27.1. The van der Waals surface area contributed by atoms with E-state index in [1.807, 2.05) is 0 Å². The van der Waals surface area contributed by atoms with Gasteiger partial charge in [0.1, 0.15) is 17.3 Å². The number of imidazole rings is 1. The van der Waals surface area contributed by atoms with Crippen LogP contribution in [-0.4, -0.2) is 46.4 Å². The zero-order valence-electron chi connectivity index (χ0n) is 20.4. The van der Waals surface area contributed by atoms with Gasteiger partial charge in [0.2, 0.25) is 5.91 Å². The molecule has 1 aromatic heterocycles. The number of hydrogen-bond acceptors (Lipinski definition) is 4. The smallest absolute Gasteiger partial charge is 0.432 e. The molecule has 0 aliphatic carbocycles. The average Bonchev–Trinajstić information content (AvgIpc) is 3.39. The van der Waals surface area contributed by atoms with Gasteiger partial charge < -0.3 is 19.9 Å². The molecule has 2 aromatic carbocycles. The molecule has 11 heteroatoms. The Morgan fingerprint density at radius 3 is 2.53 bits per heavy atom. The second kappa shape index (κ2) is 11.6. The summed E-state index contributed by atoms with van der Waals surface area (Å²) in [6.07, 6.45) is -2.30. The molecule has 7 nitrogen and oxygen atoms in total. The summed E-state index contributed by atoms with van der Waals surface area (Å²) in [6.45, 7) is 3.18. The number of amides is 2. The van der Waals surface area contributed by atoms with Crippen molar-refractivity contribution in [2.45, 2.75) is 25.9 Å². The van der Waals surface area contributed by atoms with Gasteiger partial charge in [0, 0.05) is 42.1 Å². The number of hydrogen-bond donors (Lipinski definition) is 2. The van der Waals surface area contributed by atoms with Crippen LogP contribution in [-0.2, 0) is 15.8 Å². The minimum atomic E-state index is -4.57. The molecule has 0 radical (unpaired) electrons. The Balaban J connectivity index is 1.53. The third-order valence-electron chi connectivity index (χ3n) is 6.08. The quantitative estimate of drug-likeness (QED) is 0.422. The van der Waals surface area contributed by atoms with Crippen molar-refractivity contribution in [1.82, 2.24) is 14.9 Å². The van der Waals surface area contributed by atoms with E-state index in [4.69, 9.17) is 16.3 Å². The summed E-state index contributed by atoms with van der Waals surface area (Å²) in [6, 6.07) is 11.2. The van der Waals surface area contributed by atoms with Crippen LogP contribution in [0.4, 0.5) is 18.9 Å². The molecule has 1 saturated heterocycles. The van der Waals surface area contributed by atoms with Gasteiger partial charge >= 0.3 is 12.1 Å². The fourth-order valence-electron chi connectivity index (χ4n) is 3.95. The Labute approximate surface area is 222 Å². The lowest BCUT2D eigenvalue weighted by Gasteiger charge is -2.31. The highest BCUT2D eigenvalue weighted by molar-refractivity contribution is 6.30. The van der Waals surface area contributed by atoms with Crippen molar-refractivity contribution in [3.63, 3.8) is 0 Å². The second-order valence-corrected chi connectivity index (χ2v) is 9.26. The number of anilines is 1. The number of carbonyl (C=O) groups is 2. The van der Waals surface area contributed by atoms with Crippen molar-refractivity contribution in [3.05, 3.63) is 64.9 Å². The number of rotatable bonds is 5. The van der Waals surface area contributed by atoms with Crippen LogP contribution in [0, 0.1) is 17.8 Å². The number of benzene rings is 2. The minimum absolute atomic E-state index is 0.0109. The molecule has 2 heterocycles. The number of nitrogens with zero attached hydrogens (tertiary/aromatic N) is 2. The maximum absolute atomic E-state index is 13.0. The van der Waals surface area contributed by atoms with Gasteiger partial charge in [-0.2, -0.15) is 13.2 Å². The molecule has 1 fully saturated rings. The van der Waals surface area contributed by atoms with Gasteiger partial charge in [0.15, 0.2) is 0 Å². The molecular weight excluding hydrogens is 521 g/mol. The summed E-state index contributed by atoms with van der Waals surface area (Å²) >= 11 is 5.87. The Morgan fingerprint density at radius 1 is 1.18 bits per heavy atom. The molecule has 0 unspecified atom stereocenters. The van der Waals surface area contributed by atoms with Crippen molar-refractivity contribution < 1.29 is 27.5 Å². The van der Waals surface area contributed by atoms with Gasteiger partial charge in [-0.1, -0.05) is 17.5 Å². The number of piperidine rings is 1. The maximum Gasteiger partial charge on any atom is 0.432 e. The van der Waals surface area contributed by atoms with Crippen molar-refractivity contribution in [3.8, 4) is 29.0 Å². The van der Waals surface area contributed by atoms with E-state index in [1.165, 1.54) is 6.07 Å². The van der Waals surface area contributed by atoms with Crippen LogP contribution in [0.2, 0.25) is 5.02 Å². The molecule has 198 valence electrons. The third-order valence-corrected chi connectivity index (χ3v) is 6.33. The molecule has 3 aromatic rings. The predicted molar refractivity (Wildman–Crippen MR) is 136 cm³/mol. The Hall–Kier alpha value is -3.97. The number of carbonyl (C=O) groups excluding carboxylic acids is 2. The Morgan fingerprint density at radius 2 is 1.89 bits per heavy atom. The van der Waals surface area contributed by atoms with E-state index in [1.54, 1.807) is 48.2 Å². The number of H-pyrrole nitrogens is 1. The molecule has 0 atom stereocenters. The van der Waals surface area contributed by atoms with Crippen molar-refractivity contribution in [2.75, 3.05) is 25.0 Å². The summed E-state index contributed by atoms with van der Waals surface area (Å²) < 4.78 is 45.1. The number of nitrogens with one attached hydrogen (secondary N) is 2. The van der Waals surface area contributed by atoms with E-state index in [0.29, 0.717) is 47.8 Å². The third kappa shape index (κ3) is 7.07. The van der Waals surface area contributed by atoms with Crippen molar-refractivity contribution in [1.29, 1.82) is 0 Å². The molecule has 2 amide bonds. The molecular formula is C27H24ClF3N4O3. The Bertz CT molecular complexity index is 1370. The number of halogens is 4. The summed E-state index contributed by atoms with van der Waals surface area (Å²) in [5.41, 5.74) is 0.165. The van der Waals surface area contributed by atoms with Gasteiger partial charge in [0.25, 0.3) is 0 Å². The zero-order chi connectivity index (χ0) is 27.3. The van der Waals surface area contributed by atoms with E-state index in [2.05, 4.69) is 27.1 Å². The highest BCUT2D eigenvalue weighted by Gasteiger charge is 2.33. The van der Waals surface area contributed by atoms with E-state index in [-0.39, 0.29) is 23.3 Å². The van der Waals surface area contributed by atoms with Gasteiger partial charge in [-0.05, 0) is 61.2 Å². The highest BCUT2D eigenvalue weighted by Crippen LogP contribution is 2.33. The first-order valence-corrected chi connectivity index (χ1v) is 12.2. The SMILES string of the molecule is CC(=O)N1CCC(COc2ccc(-c3ncc(C(F)(F)F)[nH]3)cc2NC(=O)C#Cc2ccc(Cl)cc2)CC1. The Kier molecular flexibility index (Phi) is 8.27. The van der Waals surface area contributed by atoms with Gasteiger partial charge in [-0.25, -0.2) is 4.98 Å². The van der Waals surface area contributed by atoms with E-state index in [0.717, 1.165) is 12.8 Å². The lowest BCUT2D eigenvalue weighted by atomic mass is 9.98. The molecule has 0 bridgehead atoms. The van der Waals surface area contributed by atoms with E-state index in [9.17, 15) is 22.8 Å². The second-order valence-electron chi connectivity index (χ2n) is 8.83. The van der Waals surface area contributed by atoms with Crippen LogP contribution in [0.1, 0.15) is 31.0 Å². The summed E-state index contributed by atoms with van der Waals surface area (Å²) in [5.74, 6) is 5.17. The topological polar surface area (TPSA) is 87.3 Å². The molecule has 1 aliphatic heterocycles. The fourth-order valence-corrected chi connectivity index (χ4v) is 4.08. The van der Waals surface area contributed by atoms with Crippen LogP contribution in [0.5, 0.6) is 5.75 Å². The largest absolute Gasteiger partial charge is 0.491 e. The lowest BCUT2D eigenvalue weighted by molar-refractivity contribution is -0.140. The number of likely N-dealkylation sites (tertiary alicyclic amines) is 1. The van der Waals surface area contributed by atoms with Crippen LogP contribution >= 0.6 is 11.6 Å². The average molecular weight is 545 g/mol. The lowest BCUT2D eigenvalue weighted by Crippen LogP contribution is -2.38. The number of aromatic nitrogens is 2. The van der Waals surface area contributed by atoms with Crippen LogP contribution in [0.3, 0.4) is 0 Å². The molecule has 4 rings (SSSR count). The van der Waals surface area contributed by atoms with Crippen LogP contribution < -0.4 is 10.1 Å². The van der Waals surface area contributed by atoms with E-state index < -0.39 is 17.8 Å². The minimum Gasteiger partial charge on any atom is -0.491 e. The first-order valence-electron chi connectivity index (χ1n) is 11.8. The maximum atomic E-state index is 13.0. The summed E-state index contributed by atoms with van der Waals surface area (Å²) in [7, 11) is 0. The monoisotopic (exact) mass is 544 g/mol. The van der Waals surface area contributed by atoms with Gasteiger partial charge in [0.05, 0.1) is 18.5 Å². The van der Waals surface area contributed by atoms with Crippen LogP contribution in [0.25, 0.3) is 11.4 Å².